The number of ether oxygens (including phenoxy) is 1. The molecule has 1 aromatic rings. The van der Waals surface area contributed by atoms with Crippen LogP contribution >= 0.6 is 0 Å². The molecule has 1 saturated carbocycles. The molecule has 3 atom stereocenters. The van der Waals surface area contributed by atoms with Crippen LogP contribution in [0.4, 0.5) is 9.18 Å². The molecular weight excluding hydrogens is 519 g/mol. The van der Waals surface area contributed by atoms with Gasteiger partial charge in [0.2, 0.25) is 11.8 Å². The van der Waals surface area contributed by atoms with E-state index in [1.165, 1.54) is 35.1 Å². The van der Waals surface area contributed by atoms with Gasteiger partial charge in [0.05, 0.1) is 25.6 Å². The summed E-state index contributed by atoms with van der Waals surface area (Å²) in [4.78, 5) is 46.5. The van der Waals surface area contributed by atoms with Gasteiger partial charge in [-0.2, -0.15) is 0 Å². The first-order chi connectivity index (χ1) is 19.1. The van der Waals surface area contributed by atoms with Crippen LogP contribution < -0.4 is 11.5 Å². The second kappa shape index (κ2) is 16.6. The van der Waals surface area contributed by atoms with Crippen LogP contribution in [0.25, 0.3) is 0 Å². The molecule has 4 rings (SSSR count). The van der Waals surface area contributed by atoms with Crippen LogP contribution in [0.5, 0.6) is 0 Å². The lowest BCUT2D eigenvalue weighted by atomic mass is 10.1. The van der Waals surface area contributed by atoms with Gasteiger partial charge >= 0.3 is 12.1 Å². The Bertz CT molecular complexity index is 1050. The number of hydrogen-bond donors (Lipinski definition) is 3. The van der Waals surface area contributed by atoms with Crippen molar-refractivity contribution in [2.45, 2.75) is 77.9 Å². The minimum Gasteiger partial charge on any atom is -0.466 e. The molecule has 0 spiro atoms. The summed E-state index contributed by atoms with van der Waals surface area (Å²) < 4.78 is 18.1. The Morgan fingerprint density at radius 1 is 1.18 bits per heavy atom. The third-order valence-corrected chi connectivity index (χ3v) is 7.06. The van der Waals surface area contributed by atoms with Crippen molar-refractivity contribution in [3.63, 3.8) is 0 Å². The smallest absolute Gasteiger partial charge is 0.407 e. The number of hydrogen-bond acceptors (Lipinski definition) is 6. The van der Waals surface area contributed by atoms with Crippen molar-refractivity contribution in [1.82, 2.24) is 9.80 Å². The predicted molar refractivity (Wildman–Crippen MR) is 148 cm³/mol. The molecule has 2 heterocycles. The first kappa shape index (κ1) is 32.7. The summed E-state index contributed by atoms with van der Waals surface area (Å²) in [6, 6.07) is 4.27. The largest absolute Gasteiger partial charge is 0.466 e. The van der Waals surface area contributed by atoms with Gasteiger partial charge in [-0.3, -0.25) is 19.3 Å². The molecule has 40 heavy (non-hydrogen) atoms. The Labute approximate surface area is 235 Å². The minimum absolute atomic E-state index is 0.0132. The second-order valence-corrected chi connectivity index (χ2v) is 10.0. The monoisotopic (exact) mass is 562 g/mol. The number of carbonyl (C=O) groups excluding carboxylic acids is 3. The Hall–Kier alpha value is -3.47. The van der Waals surface area contributed by atoms with Gasteiger partial charge < -0.3 is 26.2 Å². The van der Waals surface area contributed by atoms with Gasteiger partial charge in [-0.25, -0.2) is 9.18 Å². The number of carbonyl (C=O) groups is 4. The molecular formula is C29H43FN4O6. The summed E-state index contributed by atoms with van der Waals surface area (Å²) in [7, 11) is 0. The van der Waals surface area contributed by atoms with E-state index in [4.69, 9.17) is 21.3 Å². The molecule has 5 N–H and O–H groups in total. The predicted octanol–water partition coefficient (Wildman–Crippen LogP) is 3.56. The van der Waals surface area contributed by atoms with Crippen LogP contribution in [0.3, 0.4) is 0 Å². The molecule has 3 amide bonds. The fourth-order valence-corrected chi connectivity index (χ4v) is 4.73. The lowest BCUT2D eigenvalue weighted by Gasteiger charge is -2.20. The number of benzene rings is 1. The number of amides is 3. The summed E-state index contributed by atoms with van der Waals surface area (Å²) in [5, 5.41) is 8.68. The van der Waals surface area contributed by atoms with Crippen molar-refractivity contribution < 1.29 is 33.4 Å². The van der Waals surface area contributed by atoms with Gasteiger partial charge in [-0.15, -0.1) is 0 Å². The van der Waals surface area contributed by atoms with Gasteiger partial charge in [0.1, 0.15) is 11.9 Å². The molecule has 0 bridgehead atoms. The lowest BCUT2D eigenvalue weighted by molar-refractivity contribution is -0.144. The SMILES string of the molecule is CCCCC/C=C\C1CC1C(=O)OCC.NCC(=O)N1CCCC1C(N)=O.O=C(O)N1Cc2cccc(F)c2C1. The maximum absolute atomic E-state index is 13.1. The first-order valence-electron chi connectivity index (χ1n) is 14.0. The van der Waals surface area contributed by atoms with Crippen LogP contribution in [-0.2, 0) is 32.2 Å². The summed E-state index contributed by atoms with van der Waals surface area (Å²) in [5.41, 5.74) is 11.5. The van der Waals surface area contributed by atoms with Crippen LogP contribution in [0.15, 0.2) is 30.4 Å². The third kappa shape index (κ3) is 9.93. The van der Waals surface area contributed by atoms with E-state index in [0.717, 1.165) is 24.8 Å². The van der Waals surface area contributed by atoms with Crippen molar-refractivity contribution in [1.29, 1.82) is 0 Å². The number of primary amides is 1. The fraction of sp³-hybridized carbons (Fsp3) is 0.586. The number of halogens is 1. The summed E-state index contributed by atoms with van der Waals surface area (Å²) in [6.07, 6.45) is 10.9. The maximum Gasteiger partial charge on any atom is 0.407 e. The van der Waals surface area contributed by atoms with Crippen molar-refractivity contribution in [3.05, 3.63) is 47.3 Å². The molecule has 2 fully saturated rings. The van der Waals surface area contributed by atoms with E-state index in [-0.39, 0.29) is 36.7 Å². The van der Waals surface area contributed by atoms with E-state index in [9.17, 15) is 23.6 Å². The van der Waals surface area contributed by atoms with E-state index < -0.39 is 18.0 Å². The first-order valence-corrected chi connectivity index (χ1v) is 14.0. The Balaban J connectivity index is 0.000000211. The lowest BCUT2D eigenvalue weighted by Crippen LogP contribution is -2.45. The summed E-state index contributed by atoms with van der Waals surface area (Å²) in [6.45, 7) is 5.58. The third-order valence-electron chi connectivity index (χ3n) is 7.06. The molecule has 2 aliphatic heterocycles. The molecule has 3 aliphatic rings. The Morgan fingerprint density at radius 2 is 1.93 bits per heavy atom. The fourth-order valence-electron chi connectivity index (χ4n) is 4.73. The number of unbranched alkanes of at least 4 members (excludes halogenated alkanes) is 3. The normalized spacial score (nSPS) is 20.6. The molecule has 0 radical (unpaired) electrons. The van der Waals surface area contributed by atoms with Crippen molar-refractivity contribution in [2.24, 2.45) is 23.3 Å². The zero-order chi connectivity index (χ0) is 29.7. The number of rotatable bonds is 9. The standard InChI is InChI=1S/C13H22O2.C9H8FNO2.C7H13N3O2/c1-3-5-6-7-8-9-11-10-12(11)13(14)15-4-2;10-8-3-1-2-6-4-11(9(12)13)5-7(6)8;8-4-6(11)10-3-1-2-5(10)7(9)12/h8-9,11-12H,3-7,10H2,1-2H3;1-3H,4-5H2,(H,12,13);5H,1-4,8H2,(H2,9,12)/b9-8-;;. The molecule has 1 saturated heterocycles. The molecule has 3 unspecified atom stereocenters. The molecule has 0 aromatic heterocycles. The summed E-state index contributed by atoms with van der Waals surface area (Å²) in [5.74, 6) is -0.342. The van der Waals surface area contributed by atoms with Crippen LogP contribution in [0.2, 0.25) is 0 Å². The zero-order valence-corrected chi connectivity index (χ0v) is 23.5. The molecule has 1 aromatic carbocycles. The van der Waals surface area contributed by atoms with E-state index in [1.807, 2.05) is 6.92 Å². The van der Waals surface area contributed by atoms with Crippen LogP contribution in [0.1, 0.15) is 69.9 Å². The number of allylic oxidation sites excluding steroid dienone is 2. The van der Waals surface area contributed by atoms with E-state index >= 15 is 0 Å². The topological polar surface area (TPSA) is 156 Å². The Morgan fingerprint density at radius 3 is 2.52 bits per heavy atom. The van der Waals surface area contributed by atoms with Gasteiger partial charge in [-0.1, -0.05) is 44.1 Å². The second-order valence-electron chi connectivity index (χ2n) is 10.0. The van der Waals surface area contributed by atoms with E-state index in [0.29, 0.717) is 37.6 Å². The van der Waals surface area contributed by atoms with Crippen molar-refractivity contribution >= 4 is 23.9 Å². The van der Waals surface area contributed by atoms with Crippen LogP contribution in [-0.4, -0.2) is 64.5 Å². The highest BCUT2D eigenvalue weighted by Crippen LogP contribution is 2.40. The van der Waals surface area contributed by atoms with Gasteiger partial charge in [0, 0.05) is 18.7 Å². The molecule has 10 nitrogen and oxygen atoms in total. The average molecular weight is 563 g/mol. The highest BCUT2D eigenvalue weighted by molar-refractivity contribution is 5.87. The highest BCUT2D eigenvalue weighted by atomic mass is 19.1. The number of fused-ring (bicyclic) bond motifs is 1. The summed E-state index contributed by atoms with van der Waals surface area (Å²) >= 11 is 0. The van der Waals surface area contributed by atoms with Crippen molar-refractivity contribution in [3.8, 4) is 0 Å². The van der Waals surface area contributed by atoms with Gasteiger partial charge in [-0.05, 0) is 56.6 Å². The van der Waals surface area contributed by atoms with Crippen molar-refractivity contribution in [2.75, 3.05) is 19.7 Å². The zero-order valence-electron chi connectivity index (χ0n) is 23.5. The van der Waals surface area contributed by atoms with Crippen LogP contribution in [0, 0.1) is 17.7 Å². The molecule has 1 aliphatic carbocycles. The van der Waals surface area contributed by atoms with Gasteiger partial charge in [0.15, 0.2) is 0 Å². The number of nitrogens with zero attached hydrogens (tertiary/aromatic N) is 2. The number of carboxylic acid groups (broad SMARTS) is 1. The number of esters is 1. The average Bonchev–Trinajstić information content (AvgIpc) is 3.31. The highest BCUT2D eigenvalue weighted by Gasteiger charge is 2.42. The maximum atomic E-state index is 13.1. The van der Waals surface area contributed by atoms with E-state index in [2.05, 4.69) is 19.1 Å². The van der Waals surface area contributed by atoms with E-state index in [1.54, 1.807) is 12.1 Å². The van der Waals surface area contributed by atoms with Gasteiger partial charge in [0.25, 0.3) is 0 Å². The minimum atomic E-state index is -1.00. The number of nitrogens with two attached hydrogens (primary N) is 2. The molecule has 222 valence electrons. The molecule has 11 heteroatoms. The number of likely N-dealkylation sites (tertiary alicyclic amines) is 1. The quantitative estimate of drug-likeness (QED) is 0.236. The Kier molecular flexibility index (Phi) is 13.6.